The van der Waals surface area contributed by atoms with Gasteiger partial charge in [0.15, 0.2) is 5.82 Å². The third-order valence-electron chi connectivity index (χ3n) is 3.62. The first-order valence-corrected chi connectivity index (χ1v) is 7.15. The van der Waals surface area contributed by atoms with E-state index in [2.05, 4.69) is 15.3 Å². The molecule has 1 saturated carbocycles. The van der Waals surface area contributed by atoms with Crippen molar-refractivity contribution < 1.29 is 4.79 Å². The van der Waals surface area contributed by atoms with Crippen LogP contribution in [0.1, 0.15) is 19.3 Å². The summed E-state index contributed by atoms with van der Waals surface area (Å²) in [7, 11) is 0. The number of nitrogens with one attached hydrogen (secondary N) is 1. The Morgan fingerprint density at radius 3 is 2.52 bits per heavy atom. The Labute approximate surface area is 123 Å². The van der Waals surface area contributed by atoms with Crippen molar-refractivity contribution in [2.45, 2.75) is 25.3 Å². The average Bonchev–Trinajstić information content (AvgIpc) is 3.33. The lowest BCUT2D eigenvalue weighted by Gasteiger charge is -2.10. The molecular weight excluding hydrogens is 264 g/mol. The lowest BCUT2D eigenvalue weighted by atomic mass is 10.1. The summed E-state index contributed by atoms with van der Waals surface area (Å²) in [4.78, 5) is 20.4. The molecule has 0 spiro atoms. The van der Waals surface area contributed by atoms with Crippen LogP contribution in [0.2, 0.25) is 0 Å². The van der Waals surface area contributed by atoms with Gasteiger partial charge in [-0.1, -0.05) is 30.3 Å². The van der Waals surface area contributed by atoms with Crippen LogP contribution < -0.4 is 11.1 Å². The Morgan fingerprint density at radius 2 is 1.90 bits per heavy atom. The molecular formula is C16H18N4O. The summed E-state index contributed by atoms with van der Waals surface area (Å²) in [5, 5.41) is 2.79. The van der Waals surface area contributed by atoms with E-state index in [0.717, 1.165) is 18.4 Å². The molecule has 1 aliphatic rings. The Morgan fingerprint density at radius 1 is 1.24 bits per heavy atom. The second-order valence-corrected chi connectivity index (χ2v) is 5.41. The standard InChI is InChI=1S/C16H18N4O/c17-14(11-6-7-11)8-15(21)20-13-9-18-16(19-10-13)12-4-2-1-3-5-12/h1-5,9-11,14H,6-8,17H2,(H,20,21). The number of aromatic nitrogens is 2. The van der Waals surface area contributed by atoms with Crippen LogP contribution in [0, 0.1) is 5.92 Å². The zero-order valence-electron chi connectivity index (χ0n) is 11.7. The molecule has 1 aromatic heterocycles. The largest absolute Gasteiger partial charge is 0.327 e. The number of nitrogens with two attached hydrogens (primary N) is 1. The van der Waals surface area contributed by atoms with Crippen LogP contribution in [-0.4, -0.2) is 21.9 Å². The number of rotatable bonds is 5. The van der Waals surface area contributed by atoms with Crippen molar-refractivity contribution in [1.82, 2.24) is 9.97 Å². The smallest absolute Gasteiger partial charge is 0.226 e. The number of hydrogen-bond donors (Lipinski definition) is 2. The first-order chi connectivity index (χ1) is 10.2. The molecule has 3 rings (SSSR count). The van der Waals surface area contributed by atoms with Gasteiger partial charge in [-0.05, 0) is 18.8 Å². The first-order valence-electron chi connectivity index (χ1n) is 7.15. The fraction of sp³-hybridized carbons (Fsp3) is 0.312. The number of benzene rings is 1. The summed E-state index contributed by atoms with van der Waals surface area (Å²) in [5.74, 6) is 1.08. The van der Waals surface area contributed by atoms with E-state index in [1.54, 1.807) is 12.4 Å². The second-order valence-electron chi connectivity index (χ2n) is 5.41. The highest BCUT2D eigenvalue weighted by Gasteiger charge is 2.29. The Hall–Kier alpha value is -2.27. The predicted molar refractivity (Wildman–Crippen MR) is 81.4 cm³/mol. The molecule has 5 heteroatoms. The minimum Gasteiger partial charge on any atom is -0.327 e. The van der Waals surface area contributed by atoms with Gasteiger partial charge < -0.3 is 11.1 Å². The summed E-state index contributed by atoms with van der Waals surface area (Å²) in [5.41, 5.74) is 7.49. The van der Waals surface area contributed by atoms with Crippen LogP contribution >= 0.6 is 0 Å². The van der Waals surface area contributed by atoms with Crippen LogP contribution in [0.4, 0.5) is 5.69 Å². The molecule has 0 bridgehead atoms. The van der Waals surface area contributed by atoms with Crippen molar-refractivity contribution >= 4 is 11.6 Å². The molecule has 21 heavy (non-hydrogen) atoms. The van der Waals surface area contributed by atoms with Crippen molar-refractivity contribution in [3.63, 3.8) is 0 Å². The van der Waals surface area contributed by atoms with Crippen LogP contribution in [0.3, 0.4) is 0 Å². The number of nitrogens with zero attached hydrogens (tertiary/aromatic N) is 2. The van der Waals surface area contributed by atoms with Gasteiger partial charge >= 0.3 is 0 Å². The van der Waals surface area contributed by atoms with E-state index in [-0.39, 0.29) is 11.9 Å². The van der Waals surface area contributed by atoms with E-state index in [1.165, 1.54) is 0 Å². The van der Waals surface area contributed by atoms with Crippen LogP contribution in [-0.2, 0) is 4.79 Å². The Balaban J connectivity index is 1.60. The molecule has 1 aliphatic carbocycles. The van der Waals surface area contributed by atoms with E-state index < -0.39 is 0 Å². The minimum absolute atomic E-state index is 0.0329. The zero-order valence-corrected chi connectivity index (χ0v) is 11.7. The second kappa shape index (κ2) is 6.01. The molecule has 1 unspecified atom stereocenters. The van der Waals surface area contributed by atoms with Gasteiger partial charge in [-0.3, -0.25) is 4.79 Å². The maximum Gasteiger partial charge on any atom is 0.226 e. The Bertz CT molecular complexity index is 608. The lowest BCUT2D eigenvalue weighted by Crippen LogP contribution is -2.28. The Kier molecular flexibility index (Phi) is 3.92. The number of anilines is 1. The van der Waals surface area contributed by atoms with Crippen molar-refractivity contribution in [1.29, 1.82) is 0 Å². The quantitative estimate of drug-likeness (QED) is 0.881. The minimum atomic E-state index is -0.0783. The maximum atomic E-state index is 11.9. The van der Waals surface area contributed by atoms with Crippen molar-refractivity contribution in [2.24, 2.45) is 11.7 Å². The monoisotopic (exact) mass is 282 g/mol. The highest BCUT2D eigenvalue weighted by molar-refractivity contribution is 5.90. The molecule has 3 N–H and O–H groups in total. The third kappa shape index (κ3) is 3.64. The van der Waals surface area contributed by atoms with E-state index >= 15 is 0 Å². The van der Waals surface area contributed by atoms with Crippen LogP contribution in [0.25, 0.3) is 11.4 Å². The van der Waals surface area contributed by atoms with Crippen molar-refractivity contribution in [3.05, 3.63) is 42.7 Å². The van der Waals surface area contributed by atoms with Gasteiger partial charge in [0.25, 0.3) is 0 Å². The number of amides is 1. The van der Waals surface area contributed by atoms with Gasteiger partial charge in [0.05, 0.1) is 18.1 Å². The molecule has 108 valence electrons. The molecule has 1 amide bonds. The fourth-order valence-corrected chi connectivity index (χ4v) is 2.25. The third-order valence-corrected chi connectivity index (χ3v) is 3.62. The topological polar surface area (TPSA) is 80.9 Å². The van der Waals surface area contributed by atoms with E-state index in [4.69, 9.17) is 5.73 Å². The molecule has 5 nitrogen and oxygen atoms in total. The predicted octanol–water partition coefficient (Wildman–Crippen LogP) is 2.21. The average molecular weight is 282 g/mol. The SMILES string of the molecule is NC(CC(=O)Nc1cnc(-c2ccccc2)nc1)C1CC1. The van der Waals surface area contributed by atoms with Crippen LogP contribution in [0.15, 0.2) is 42.7 Å². The summed E-state index contributed by atoms with van der Waals surface area (Å²) in [6, 6.07) is 9.68. The van der Waals surface area contributed by atoms with Crippen LogP contribution in [0.5, 0.6) is 0 Å². The van der Waals surface area contributed by atoms with Gasteiger partial charge in [0.2, 0.25) is 5.91 Å². The molecule has 0 radical (unpaired) electrons. The van der Waals surface area contributed by atoms with E-state index in [9.17, 15) is 4.79 Å². The normalized spacial score (nSPS) is 15.5. The molecule has 2 aromatic rings. The lowest BCUT2D eigenvalue weighted by molar-refractivity contribution is -0.116. The highest BCUT2D eigenvalue weighted by atomic mass is 16.1. The maximum absolute atomic E-state index is 11.9. The molecule has 1 atom stereocenters. The zero-order chi connectivity index (χ0) is 14.7. The van der Waals surface area contributed by atoms with Gasteiger partial charge in [0.1, 0.15) is 0 Å². The fourth-order valence-electron chi connectivity index (χ4n) is 2.25. The highest BCUT2D eigenvalue weighted by Crippen LogP contribution is 2.32. The number of hydrogen-bond acceptors (Lipinski definition) is 4. The van der Waals surface area contributed by atoms with Gasteiger partial charge in [0, 0.05) is 18.0 Å². The molecule has 0 aliphatic heterocycles. The van der Waals surface area contributed by atoms with Crippen molar-refractivity contribution in [3.8, 4) is 11.4 Å². The van der Waals surface area contributed by atoms with Gasteiger partial charge in [-0.2, -0.15) is 0 Å². The summed E-state index contributed by atoms with van der Waals surface area (Å²) in [6.45, 7) is 0. The van der Waals surface area contributed by atoms with Gasteiger partial charge in [-0.15, -0.1) is 0 Å². The molecule has 1 aromatic carbocycles. The summed E-state index contributed by atoms with van der Waals surface area (Å²) >= 11 is 0. The number of carbonyl (C=O) groups excluding carboxylic acids is 1. The van der Waals surface area contributed by atoms with E-state index in [1.807, 2.05) is 30.3 Å². The first kappa shape index (κ1) is 13.7. The summed E-state index contributed by atoms with van der Waals surface area (Å²) < 4.78 is 0. The molecule has 0 saturated heterocycles. The molecule has 1 heterocycles. The van der Waals surface area contributed by atoms with Gasteiger partial charge in [-0.25, -0.2) is 9.97 Å². The van der Waals surface area contributed by atoms with E-state index in [0.29, 0.717) is 23.9 Å². The van der Waals surface area contributed by atoms with Crippen molar-refractivity contribution in [2.75, 3.05) is 5.32 Å². The summed E-state index contributed by atoms with van der Waals surface area (Å²) in [6.07, 6.45) is 5.88. The molecule has 1 fully saturated rings. The number of carbonyl (C=O) groups is 1.